The van der Waals surface area contributed by atoms with Gasteiger partial charge in [-0.2, -0.15) is 4.98 Å². The Bertz CT molecular complexity index is 625. The highest BCUT2D eigenvalue weighted by molar-refractivity contribution is 5.55. The van der Waals surface area contributed by atoms with Crippen molar-refractivity contribution >= 4 is 5.82 Å². The Morgan fingerprint density at radius 2 is 2.33 bits per heavy atom. The van der Waals surface area contributed by atoms with Crippen molar-refractivity contribution in [3.05, 3.63) is 24.2 Å². The van der Waals surface area contributed by atoms with Crippen molar-refractivity contribution in [2.45, 2.75) is 31.9 Å². The van der Waals surface area contributed by atoms with Crippen molar-refractivity contribution in [1.82, 2.24) is 15.1 Å². The number of piperidine rings is 1. The molecule has 6 heteroatoms. The first-order valence-electron chi connectivity index (χ1n) is 7.38. The first-order valence-corrected chi connectivity index (χ1v) is 7.38. The van der Waals surface area contributed by atoms with E-state index in [0.29, 0.717) is 24.4 Å². The summed E-state index contributed by atoms with van der Waals surface area (Å²) in [5.41, 5.74) is 0.845. The van der Waals surface area contributed by atoms with Crippen molar-refractivity contribution < 1.29 is 9.26 Å². The van der Waals surface area contributed by atoms with Gasteiger partial charge in [0.15, 0.2) is 5.82 Å². The number of anilines is 1. The molecule has 1 saturated carbocycles. The Balaban J connectivity index is 1.53. The molecule has 110 valence electrons. The number of hydrogen-bond donors (Lipinski definition) is 0. The van der Waals surface area contributed by atoms with Gasteiger partial charge in [-0.05, 0) is 37.3 Å². The van der Waals surface area contributed by atoms with Gasteiger partial charge < -0.3 is 14.2 Å². The second-order valence-corrected chi connectivity index (χ2v) is 5.84. The number of aromatic nitrogens is 3. The van der Waals surface area contributed by atoms with Gasteiger partial charge in [-0.3, -0.25) is 0 Å². The molecule has 1 saturated heterocycles. The summed E-state index contributed by atoms with van der Waals surface area (Å²) in [7, 11) is 1.61. The molecule has 2 atom stereocenters. The fraction of sp³-hybridized carbons (Fsp3) is 0.533. The molecule has 2 fully saturated rings. The zero-order valence-corrected chi connectivity index (χ0v) is 12.0. The molecule has 1 aliphatic heterocycles. The summed E-state index contributed by atoms with van der Waals surface area (Å²) in [4.78, 5) is 11.3. The van der Waals surface area contributed by atoms with E-state index in [2.05, 4.69) is 26.1 Å². The predicted octanol–water partition coefficient (Wildman–Crippen LogP) is 2.27. The van der Waals surface area contributed by atoms with Gasteiger partial charge in [0.1, 0.15) is 12.4 Å². The van der Waals surface area contributed by atoms with Crippen LogP contribution in [-0.2, 0) is 11.3 Å². The average Bonchev–Trinajstić information content (AvgIpc) is 3.24. The first-order chi connectivity index (χ1) is 10.3. The third-order valence-electron chi connectivity index (χ3n) is 4.44. The predicted molar refractivity (Wildman–Crippen MR) is 76.7 cm³/mol. The summed E-state index contributed by atoms with van der Waals surface area (Å²) < 4.78 is 10.2. The molecule has 2 bridgehead atoms. The van der Waals surface area contributed by atoms with E-state index in [-0.39, 0.29) is 0 Å². The second kappa shape index (κ2) is 5.11. The number of fused-ring (bicyclic) bond motifs is 2. The molecule has 1 aliphatic carbocycles. The standard InChI is InChI=1S/C15H18N4O2/c1-20-9-13-17-15(21-18-13)11-3-5-14(16-7-11)19-8-10-2-4-12(19)6-10/h3,5,7,10,12H,2,4,6,8-9H2,1H3/t10-,12-/m1/s1. The average molecular weight is 286 g/mol. The highest BCUT2D eigenvalue weighted by Crippen LogP contribution is 2.39. The number of hydrogen-bond acceptors (Lipinski definition) is 6. The lowest BCUT2D eigenvalue weighted by Crippen LogP contribution is -2.32. The monoisotopic (exact) mass is 286 g/mol. The maximum Gasteiger partial charge on any atom is 0.259 e. The highest BCUT2D eigenvalue weighted by atomic mass is 16.5. The van der Waals surface area contributed by atoms with Gasteiger partial charge in [0, 0.05) is 25.9 Å². The van der Waals surface area contributed by atoms with Crippen molar-refractivity contribution in [3.63, 3.8) is 0 Å². The van der Waals surface area contributed by atoms with Crippen LogP contribution >= 0.6 is 0 Å². The summed E-state index contributed by atoms with van der Waals surface area (Å²) in [6.45, 7) is 1.50. The Morgan fingerprint density at radius 1 is 1.38 bits per heavy atom. The van der Waals surface area contributed by atoms with Crippen LogP contribution in [0.15, 0.2) is 22.9 Å². The molecule has 0 unspecified atom stereocenters. The normalized spacial score (nSPS) is 24.0. The van der Waals surface area contributed by atoms with E-state index in [1.807, 2.05) is 12.3 Å². The number of methoxy groups -OCH3 is 1. The van der Waals surface area contributed by atoms with Crippen molar-refractivity contribution in [3.8, 4) is 11.5 Å². The van der Waals surface area contributed by atoms with Gasteiger partial charge in [0.25, 0.3) is 5.89 Å². The third-order valence-corrected chi connectivity index (χ3v) is 4.44. The zero-order chi connectivity index (χ0) is 14.2. The fourth-order valence-electron chi connectivity index (χ4n) is 3.45. The number of ether oxygens (including phenoxy) is 1. The molecule has 2 aromatic rings. The largest absolute Gasteiger partial charge is 0.377 e. The maximum absolute atomic E-state index is 5.22. The van der Waals surface area contributed by atoms with Crippen molar-refractivity contribution in [1.29, 1.82) is 0 Å². The minimum Gasteiger partial charge on any atom is -0.377 e. The lowest BCUT2D eigenvalue weighted by Gasteiger charge is -2.27. The molecular formula is C15H18N4O2. The van der Waals surface area contributed by atoms with Crippen molar-refractivity contribution in [2.24, 2.45) is 5.92 Å². The fourth-order valence-corrected chi connectivity index (χ4v) is 3.45. The first kappa shape index (κ1) is 12.8. The van der Waals surface area contributed by atoms with Crippen LogP contribution in [0.3, 0.4) is 0 Å². The summed E-state index contributed by atoms with van der Waals surface area (Å²) in [6, 6.07) is 4.74. The summed E-state index contributed by atoms with van der Waals surface area (Å²) in [5, 5.41) is 3.86. The van der Waals surface area contributed by atoms with Crippen LogP contribution in [0.2, 0.25) is 0 Å². The molecule has 0 spiro atoms. The van der Waals surface area contributed by atoms with E-state index < -0.39 is 0 Å². The lowest BCUT2D eigenvalue weighted by molar-refractivity contribution is 0.174. The van der Waals surface area contributed by atoms with Gasteiger partial charge in [-0.1, -0.05) is 5.16 Å². The van der Waals surface area contributed by atoms with E-state index in [1.54, 1.807) is 7.11 Å². The van der Waals surface area contributed by atoms with Crippen LogP contribution in [0.25, 0.3) is 11.5 Å². The molecule has 0 radical (unpaired) electrons. The summed E-state index contributed by atoms with van der Waals surface area (Å²) >= 11 is 0. The van der Waals surface area contributed by atoms with Crippen LogP contribution in [0.4, 0.5) is 5.82 Å². The smallest absolute Gasteiger partial charge is 0.259 e. The maximum atomic E-state index is 5.22. The Hall–Kier alpha value is -1.95. The summed E-state index contributed by atoms with van der Waals surface area (Å²) in [5.74, 6) is 2.96. The molecule has 0 N–H and O–H groups in total. The zero-order valence-electron chi connectivity index (χ0n) is 12.0. The van der Waals surface area contributed by atoms with Gasteiger partial charge in [0.05, 0.1) is 5.56 Å². The molecule has 2 aromatic heterocycles. The van der Waals surface area contributed by atoms with Crippen LogP contribution in [0.5, 0.6) is 0 Å². The molecule has 0 amide bonds. The molecule has 2 aliphatic rings. The van der Waals surface area contributed by atoms with E-state index in [9.17, 15) is 0 Å². The lowest BCUT2D eigenvalue weighted by atomic mass is 10.1. The molecule has 3 heterocycles. The quantitative estimate of drug-likeness (QED) is 0.859. The molecular weight excluding hydrogens is 268 g/mol. The third kappa shape index (κ3) is 2.29. The molecule has 0 aromatic carbocycles. The van der Waals surface area contributed by atoms with Crippen LogP contribution in [0.1, 0.15) is 25.1 Å². The van der Waals surface area contributed by atoms with Gasteiger partial charge in [0.2, 0.25) is 0 Å². The van der Waals surface area contributed by atoms with E-state index >= 15 is 0 Å². The Labute approximate surface area is 123 Å². The van der Waals surface area contributed by atoms with Gasteiger partial charge >= 0.3 is 0 Å². The number of pyridine rings is 1. The van der Waals surface area contributed by atoms with Crippen LogP contribution in [-0.4, -0.2) is 34.8 Å². The molecule has 6 nitrogen and oxygen atoms in total. The van der Waals surface area contributed by atoms with E-state index in [4.69, 9.17) is 9.26 Å². The number of nitrogens with zero attached hydrogens (tertiary/aromatic N) is 4. The molecule has 4 rings (SSSR count). The summed E-state index contributed by atoms with van der Waals surface area (Å²) in [6.07, 6.45) is 5.82. The minimum atomic E-state index is 0.353. The SMILES string of the molecule is COCc1noc(-c2ccc(N3C[C@@H]4CC[C@@H]3C4)nc2)n1. The van der Waals surface area contributed by atoms with E-state index in [0.717, 1.165) is 23.8 Å². The highest BCUT2D eigenvalue weighted by Gasteiger charge is 2.38. The Morgan fingerprint density at radius 3 is 3.00 bits per heavy atom. The van der Waals surface area contributed by atoms with Gasteiger partial charge in [-0.25, -0.2) is 4.98 Å². The minimum absolute atomic E-state index is 0.353. The van der Waals surface area contributed by atoms with Crippen LogP contribution < -0.4 is 4.90 Å². The van der Waals surface area contributed by atoms with Crippen molar-refractivity contribution in [2.75, 3.05) is 18.6 Å². The van der Waals surface area contributed by atoms with Gasteiger partial charge in [-0.15, -0.1) is 0 Å². The molecule has 21 heavy (non-hydrogen) atoms. The second-order valence-electron chi connectivity index (χ2n) is 5.84. The van der Waals surface area contributed by atoms with Crippen LogP contribution in [0, 0.1) is 5.92 Å². The number of rotatable bonds is 4. The topological polar surface area (TPSA) is 64.3 Å². The van der Waals surface area contributed by atoms with E-state index in [1.165, 1.54) is 19.3 Å². The Kier molecular flexibility index (Phi) is 3.11.